The van der Waals surface area contributed by atoms with Crippen LogP contribution in [-0.2, 0) is 6.42 Å². The van der Waals surface area contributed by atoms with Gasteiger partial charge in [0.25, 0.3) is 0 Å². The van der Waals surface area contributed by atoms with Gasteiger partial charge >= 0.3 is 0 Å². The maximum atomic E-state index is 13.0. The minimum Gasteiger partial charge on any atom is -0.294 e. The molecular weight excluding hydrogens is 275 g/mol. The standard InChI is InChI=1S/C17H16ClFO/c1-10-6-12(3)15(7-11(10)2)17(20)8-13-4-5-14(19)9-16(13)18/h4-7,9H,8H2,1-3H3. The van der Waals surface area contributed by atoms with Gasteiger partial charge in [-0.2, -0.15) is 0 Å². The summed E-state index contributed by atoms with van der Waals surface area (Å²) >= 11 is 5.97. The van der Waals surface area contributed by atoms with Crippen LogP contribution in [0.25, 0.3) is 0 Å². The average Bonchev–Trinajstić information content (AvgIpc) is 2.37. The van der Waals surface area contributed by atoms with Crippen LogP contribution in [0.3, 0.4) is 0 Å². The zero-order valence-electron chi connectivity index (χ0n) is 11.8. The van der Waals surface area contributed by atoms with Crippen molar-refractivity contribution < 1.29 is 9.18 Å². The maximum absolute atomic E-state index is 13.0. The van der Waals surface area contributed by atoms with Gasteiger partial charge in [-0.3, -0.25) is 4.79 Å². The highest BCUT2D eigenvalue weighted by Crippen LogP contribution is 2.21. The van der Waals surface area contributed by atoms with E-state index in [0.29, 0.717) is 16.1 Å². The van der Waals surface area contributed by atoms with Crippen molar-refractivity contribution in [2.75, 3.05) is 0 Å². The van der Waals surface area contributed by atoms with E-state index >= 15 is 0 Å². The van der Waals surface area contributed by atoms with Crippen LogP contribution in [0.2, 0.25) is 5.02 Å². The van der Waals surface area contributed by atoms with Crippen LogP contribution in [0.15, 0.2) is 30.3 Å². The van der Waals surface area contributed by atoms with Gasteiger partial charge in [0.15, 0.2) is 5.78 Å². The molecule has 0 aliphatic carbocycles. The molecule has 3 heteroatoms. The fourth-order valence-electron chi connectivity index (χ4n) is 2.19. The molecule has 2 aromatic carbocycles. The van der Waals surface area contributed by atoms with E-state index < -0.39 is 5.82 Å². The maximum Gasteiger partial charge on any atom is 0.167 e. The van der Waals surface area contributed by atoms with Crippen molar-refractivity contribution in [3.8, 4) is 0 Å². The number of hydrogen-bond donors (Lipinski definition) is 0. The zero-order valence-corrected chi connectivity index (χ0v) is 12.5. The van der Waals surface area contributed by atoms with Gasteiger partial charge in [0, 0.05) is 17.0 Å². The molecule has 0 atom stereocenters. The van der Waals surface area contributed by atoms with E-state index in [0.717, 1.165) is 11.1 Å². The van der Waals surface area contributed by atoms with Gasteiger partial charge in [0.1, 0.15) is 5.82 Å². The first-order valence-corrected chi connectivity index (χ1v) is 6.81. The Morgan fingerprint density at radius 1 is 1.05 bits per heavy atom. The Morgan fingerprint density at radius 3 is 2.35 bits per heavy atom. The number of benzene rings is 2. The first-order chi connectivity index (χ1) is 9.38. The number of ketones is 1. The Kier molecular flexibility index (Phi) is 4.24. The SMILES string of the molecule is Cc1cc(C)c(C(=O)Cc2ccc(F)cc2Cl)cc1C. The number of halogens is 2. The minimum atomic E-state index is -0.395. The molecule has 0 aliphatic heterocycles. The third-order valence-corrected chi connectivity index (χ3v) is 3.86. The molecule has 0 amide bonds. The summed E-state index contributed by atoms with van der Waals surface area (Å²) in [5, 5.41) is 0.292. The fourth-order valence-corrected chi connectivity index (χ4v) is 2.43. The first-order valence-electron chi connectivity index (χ1n) is 6.43. The van der Waals surface area contributed by atoms with E-state index in [1.54, 1.807) is 6.07 Å². The molecule has 0 unspecified atom stereocenters. The Balaban J connectivity index is 2.31. The molecule has 104 valence electrons. The molecule has 0 fully saturated rings. The smallest absolute Gasteiger partial charge is 0.167 e. The number of rotatable bonds is 3. The molecule has 0 bridgehead atoms. The molecule has 0 radical (unpaired) electrons. The van der Waals surface area contributed by atoms with Gasteiger partial charge in [-0.25, -0.2) is 4.39 Å². The number of carbonyl (C=O) groups excluding carboxylic acids is 1. The van der Waals surface area contributed by atoms with Crippen LogP contribution in [0.4, 0.5) is 4.39 Å². The Hall–Kier alpha value is -1.67. The van der Waals surface area contributed by atoms with E-state index in [1.165, 1.54) is 17.7 Å². The molecule has 20 heavy (non-hydrogen) atoms. The lowest BCUT2D eigenvalue weighted by Gasteiger charge is -2.10. The van der Waals surface area contributed by atoms with Crippen molar-refractivity contribution in [3.63, 3.8) is 0 Å². The second-order valence-electron chi connectivity index (χ2n) is 5.09. The van der Waals surface area contributed by atoms with Gasteiger partial charge < -0.3 is 0 Å². The third-order valence-electron chi connectivity index (χ3n) is 3.51. The summed E-state index contributed by atoms with van der Waals surface area (Å²) in [7, 11) is 0. The molecule has 0 spiro atoms. The number of carbonyl (C=O) groups is 1. The van der Waals surface area contributed by atoms with Crippen LogP contribution in [0.1, 0.15) is 32.6 Å². The Morgan fingerprint density at radius 2 is 1.70 bits per heavy atom. The third kappa shape index (κ3) is 3.07. The fraction of sp³-hybridized carbons (Fsp3) is 0.235. The largest absolute Gasteiger partial charge is 0.294 e. The van der Waals surface area contributed by atoms with Crippen molar-refractivity contribution in [1.29, 1.82) is 0 Å². The van der Waals surface area contributed by atoms with Crippen molar-refractivity contribution in [2.45, 2.75) is 27.2 Å². The Bertz CT molecular complexity index is 677. The van der Waals surface area contributed by atoms with Crippen LogP contribution in [0, 0.1) is 26.6 Å². The summed E-state index contributed by atoms with van der Waals surface area (Å²) in [5.74, 6) is -0.396. The van der Waals surface area contributed by atoms with Gasteiger partial charge in [0.2, 0.25) is 0 Å². The van der Waals surface area contributed by atoms with Crippen molar-refractivity contribution >= 4 is 17.4 Å². The van der Waals surface area contributed by atoms with Crippen molar-refractivity contribution in [2.24, 2.45) is 0 Å². The molecule has 0 heterocycles. The van der Waals surface area contributed by atoms with Crippen molar-refractivity contribution in [1.82, 2.24) is 0 Å². The molecule has 0 N–H and O–H groups in total. The Labute approximate surface area is 123 Å². The predicted octanol–water partition coefficient (Wildman–Crippen LogP) is 4.83. The molecule has 0 saturated heterocycles. The molecule has 2 aromatic rings. The normalized spacial score (nSPS) is 10.7. The first kappa shape index (κ1) is 14.7. The topological polar surface area (TPSA) is 17.1 Å². The number of aryl methyl sites for hydroxylation is 3. The van der Waals surface area contributed by atoms with Gasteiger partial charge in [0.05, 0.1) is 0 Å². The van der Waals surface area contributed by atoms with E-state index in [2.05, 4.69) is 0 Å². The summed E-state index contributed by atoms with van der Waals surface area (Å²) in [4.78, 5) is 12.4. The summed E-state index contributed by atoms with van der Waals surface area (Å²) in [6.07, 6.45) is 0.183. The second-order valence-corrected chi connectivity index (χ2v) is 5.49. The summed E-state index contributed by atoms with van der Waals surface area (Å²) in [5.41, 5.74) is 4.56. The highest BCUT2D eigenvalue weighted by Gasteiger charge is 2.13. The predicted molar refractivity (Wildman–Crippen MR) is 80.1 cm³/mol. The number of hydrogen-bond acceptors (Lipinski definition) is 1. The lowest BCUT2D eigenvalue weighted by molar-refractivity contribution is 0.0992. The lowest BCUT2D eigenvalue weighted by Crippen LogP contribution is -2.07. The van der Waals surface area contributed by atoms with E-state index in [-0.39, 0.29) is 12.2 Å². The van der Waals surface area contributed by atoms with Crippen LogP contribution < -0.4 is 0 Å². The van der Waals surface area contributed by atoms with Crippen LogP contribution in [0.5, 0.6) is 0 Å². The summed E-state index contributed by atoms with van der Waals surface area (Å²) < 4.78 is 13.0. The highest BCUT2D eigenvalue weighted by atomic mass is 35.5. The zero-order chi connectivity index (χ0) is 14.9. The minimum absolute atomic E-state index is 0.000826. The quantitative estimate of drug-likeness (QED) is 0.740. The summed E-state index contributed by atoms with van der Waals surface area (Å²) in [6, 6.07) is 8.03. The van der Waals surface area contributed by atoms with Gasteiger partial charge in [-0.1, -0.05) is 23.7 Å². The van der Waals surface area contributed by atoms with E-state index in [1.807, 2.05) is 32.9 Å². The van der Waals surface area contributed by atoms with Crippen LogP contribution in [-0.4, -0.2) is 5.78 Å². The lowest BCUT2D eigenvalue weighted by atomic mass is 9.95. The number of Topliss-reactive ketones (excluding diaryl/α,β-unsaturated/α-hetero) is 1. The average molecular weight is 291 g/mol. The van der Waals surface area contributed by atoms with Gasteiger partial charge in [-0.15, -0.1) is 0 Å². The molecule has 1 nitrogen and oxygen atoms in total. The molecular formula is C17H16ClFO. The van der Waals surface area contributed by atoms with E-state index in [9.17, 15) is 9.18 Å². The van der Waals surface area contributed by atoms with Gasteiger partial charge in [-0.05, 0) is 61.2 Å². The molecule has 0 aromatic heterocycles. The highest BCUT2D eigenvalue weighted by molar-refractivity contribution is 6.31. The molecule has 0 saturated carbocycles. The second kappa shape index (κ2) is 5.76. The monoisotopic (exact) mass is 290 g/mol. The molecule has 2 rings (SSSR count). The van der Waals surface area contributed by atoms with Crippen LogP contribution >= 0.6 is 11.6 Å². The molecule has 0 aliphatic rings. The summed E-state index contributed by atoms with van der Waals surface area (Å²) in [6.45, 7) is 5.93. The van der Waals surface area contributed by atoms with E-state index in [4.69, 9.17) is 11.6 Å². The van der Waals surface area contributed by atoms with Crippen molar-refractivity contribution in [3.05, 3.63) is 69.0 Å².